The number of nitrogen functional groups attached to an aromatic ring is 1. The van der Waals surface area contributed by atoms with Crippen LogP contribution in [-0.4, -0.2) is 5.91 Å². The standard InChI is InChI=1S/C14H15FN2O3/c1-8-5-10(15)3-4-12(8)19-7-11-6-9(2)13(20-11)14(18)17-16/h3-6H,7,16H2,1-2H3,(H,17,18). The maximum absolute atomic E-state index is 13.0. The van der Waals surface area contributed by atoms with Crippen LogP contribution in [0.2, 0.25) is 0 Å². The quantitative estimate of drug-likeness (QED) is 0.510. The van der Waals surface area contributed by atoms with Crippen molar-refractivity contribution in [1.29, 1.82) is 0 Å². The van der Waals surface area contributed by atoms with Crippen LogP contribution in [0, 0.1) is 19.7 Å². The van der Waals surface area contributed by atoms with E-state index >= 15 is 0 Å². The molecule has 2 rings (SSSR count). The summed E-state index contributed by atoms with van der Waals surface area (Å²) in [5.41, 5.74) is 3.37. The molecule has 1 aromatic carbocycles. The minimum absolute atomic E-state index is 0.144. The van der Waals surface area contributed by atoms with Crippen LogP contribution < -0.4 is 16.0 Å². The Balaban J connectivity index is 2.09. The van der Waals surface area contributed by atoms with Crippen molar-refractivity contribution < 1.29 is 18.3 Å². The molecule has 0 radical (unpaired) electrons. The highest BCUT2D eigenvalue weighted by molar-refractivity contribution is 5.92. The predicted molar refractivity (Wildman–Crippen MR) is 70.6 cm³/mol. The Bertz CT molecular complexity index is 637. The first-order chi connectivity index (χ1) is 9.51. The molecular weight excluding hydrogens is 263 g/mol. The summed E-state index contributed by atoms with van der Waals surface area (Å²) >= 11 is 0. The summed E-state index contributed by atoms with van der Waals surface area (Å²) in [5, 5.41) is 0. The van der Waals surface area contributed by atoms with E-state index in [4.69, 9.17) is 15.0 Å². The Morgan fingerprint density at radius 1 is 1.35 bits per heavy atom. The SMILES string of the molecule is Cc1cc(F)ccc1OCc1cc(C)c(C(=O)NN)o1. The van der Waals surface area contributed by atoms with E-state index in [1.807, 2.05) is 5.43 Å². The van der Waals surface area contributed by atoms with E-state index in [2.05, 4.69) is 0 Å². The van der Waals surface area contributed by atoms with Crippen LogP contribution in [0.5, 0.6) is 5.75 Å². The summed E-state index contributed by atoms with van der Waals surface area (Å²) in [6.45, 7) is 3.63. The normalized spacial score (nSPS) is 10.4. The molecule has 0 bridgehead atoms. The molecule has 2 aromatic rings. The molecule has 1 amide bonds. The van der Waals surface area contributed by atoms with E-state index in [-0.39, 0.29) is 18.2 Å². The van der Waals surface area contributed by atoms with Crippen LogP contribution in [0.3, 0.4) is 0 Å². The molecule has 0 unspecified atom stereocenters. The highest BCUT2D eigenvalue weighted by Crippen LogP contribution is 2.21. The number of hydrazine groups is 1. The number of carbonyl (C=O) groups is 1. The molecule has 106 valence electrons. The molecule has 0 aliphatic heterocycles. The van der Waals surface area contributed by atoms with Gasteiger partial charge in [-0.25, -0.2) is 10.2 Å². The molecule has 1 heterocycles. The summed E-state index contributed by atoms with van der Waals surface area (Å²) in [5.74, 6) is 5.45. The third kappa shape index (κ3) is 2.97. The van der Waals surface area contributed by atoms with Crippen molar-refractivity contribution in [3.63, 3.8) is 0 Å². The lowest BCUT2D eigenvalue weighted by atomic mass is 10.2. The second kappa shape index (κ2) is 5.75. The van der Waals surface area contributed by atoms with Gasteiger partial charge in [0.2, 0.25) is 0 Å². The molecule has 0 saturated heterocycles. The Hall–Kier alpha value is -2.34. The van der Waals surface area contributed by atoms with Gasteiger partial charge in [0.05, 0.1) is 0 Å². The monoisotopic (exact) mass is 278 g/mol. The molecule has 0 spiro atoms. The van der Waals surface area contributed by atoms with Crippen LogP contribution in [0.15, 0.2) is 28.7 Å². The van der Waals surface area contributed by atoms with Crippen molar-refractivity contribution >= 4 is 5.91 Å². The summed E-state index contributed by atoms with van der Waals surface area (Å²) in [4.78, 5) is 11.4. The van der Waals surface area contributed by atoms with E-state index in [0.29, 0.717) is 22.6 Å². The zero-order valence-electron chi connectivity index (χ0n) is 11.2. The number of nitrogens with two attached hydrogens (primary N) is 1. The van der Waals surface area contributed by atoms with Gasteiger partial charge >= 0.3 is 5.91 Å². The zero-order chi connectivity index (χ0) is 14.7. The Labute approximate surface area is 115 Å². The number of carbonyl (C=O) groups excluding carboxylic acids is 1. The predicted octanol–water partition coefficient (Wildman–Crippen LogP) is 2.22. The van der Waals surface area contributed by atoms with Crippen LogP contribution in [0.25, 0.3) is 0 Å². The fraction of sp³-hybridized carbons (Fsp3) is 0.214. The largest absolute Gasteiger partial charge is 0.485 e. The molecule has 0 fully saturated rings. The van der Waals surface area contributed by atoms with Crippen molar-refractivity contribution in [2.45, 2.75) is 20.5 Å². The lowest BCUT2D eigenvalue weighted by Crippen LogP contribution is -2.30. The molecule has 1 aromatic heterocycles. The molecule has 3 N–H and O–H groups in total. The maximum Gasteiger partial charge on any atom is 0.301 e. The summed E-state index contributed by atoms with van der Waals surface area (Å²) in [7, 11) is 0. The summed E-state index contributed by atoms with van der Waals surface area (Å²) in [6, 6.07) is 5.95. The zero-order valence-corrected chi connectivity index (χ0v) is 11.2. The van der Waals surface area contributed by atoms with E-state index < -0.39 is 5.91 Å². The van der Waals surface area contributed by atoms with Crippen molar-refractivity contribution in [2.24, 2.45) is 5.84 Å². The smallest absolute Gasteiger partial charge is 0.301 e. The second-order valence-corrected chi connectivity index (χ2v) is 4.40. The summed E-state index contributed by atoms with van der Waals surface area (Å²) in [6.07, 6.45) is 0. The highest BCUT2D eigenvalue weighted by atomic mass is 19.1. The fourth-order valence-electron chi connectivity index (χ4n) is 1.83. The summed E-state index contributed by atoms with van der Waals surface area (Å²) < 4.78 is 23.9. The van der Waals surface area contributed by atoms with Gasteiger partial charge in [0, 0.05) is 5.56 Å². The number of nitrogens with one attached hydrogen (secondary N) is 1. The number of halogens is 1. The third-order valence-corrected chi connectivity index (χ3v) is 2.81. The van der Waals surface area contributed by atoms with Crippen LogP contribution in [0.4, 0.5) is 4.39 Å². The Morgan fingerprint density at radius 2 is 2.10 bits per heavy atom. The molecule has 0 aliphatic rings. The number of hydrogen-bond acceptors (Lipinski definition) is 4. The first-order valence-corrected chi connectivity index (χ1v) is 6.00. The molecule has 0 aliphatic carbocycles. The fourth-order valence-corrected chi connectivity index (χ4v) is 1.83. The molecule has 6 heteroatoms. The highest BCUT2D eigenvalue weighted by Gasteiger charge is 2.15. The second-order valence-electron chi connectivity index (χ2n) is 4.40. The average molecular weight is 278 g/mol. The van der Waals surface area contributed by atoms with E-state index in [0.717, 1.165) is 0 Å². The van der Waals surface area contributed by atoms with Gasteiger partial charge in [-0.1, -0.05) is 0 Å². The number of hydrogen-bond donors (Lipinski definition) is 2. The molecule has 0 atom stereocenters. The topological polar surface area (TPSA) is 77.5 Å². The maximum atomic E-state index is 13.0. The average Bonchev–Trinajstić information content (AvgIpc) is 2.78. The van der Waals surface area contributed by atoms with Crippen molar-refractivity contribution in [3.05, 3.63) is 52.7 Å². The van der Waals surface area contributed by atoms with Gasteiger partial charge in [0.1, 0.15) is 23.9 Å². The molecule has 20 heavy (non-hydrogen) atoms. The number of aryl methyl sites for hydroxylation is 2. The first kappa shape index (κ1) is 14.1. The van der Waals surface area contributed by atoms with Gasteiger partial charge in [0.25, 0.3) is 0 Å². The Morgan fingerprint density at radius 3 is 2.75 bits per heavy atom. The Kier molecular flexibility index (Phi) is 4.05. The number of amides is 1. The first-order valence-electron chi connectivity index (χ1n) is 6.00. The van der Waals surface area contributed by atoms with Gasteiger partial charge in [0.15, 0.2) is 5.76 Å². The third-order valence-electron chi connectivity index (χ3n) is 2.81. The molecular formula is C14H15FN2O3. The van der Waals surface area contributed by atoms with Crippen LogP contribution in [0.1, 0.15) is 27.4 Å². The van der Waals surface area contributed by atoms with Gasteiger partial charge in [-0.2, -0.15) is 0 Å². The minimum Gasteiger partial charge on any atom is -0.485 e. The molecule has 0 saturated carbocycles. The van der Waals surface area contributed by atoms with Crippen molar-refractivity contribution in [3.8, 4) is 5.75 Å². The van der Waals surface area contributed by atoms with E-state index in [9.17, 15) is 9.18 Å². The molecule has 5 nitrogen and oxygen atoms in total. The van der Waals surface area contributed by atoms with Gasteiger partial charge < -0.3 is 9.15 Å². The van der Waals surface area contributed by atoms with Gasteiger partial charge in [-0.3, -0.25) is 10.2 Å². The minimum atomic E-state index is -0.494. The number of rotatable bonds is 4. The van der Waals surface area contributed by atoms with E-state index in [1.54, 1.807) is 26.0 Å². The van der Waals surface area contributed by atoms with E-state index in [1.165, 1.54) is 12.1 Å². The van der Waals surface area contributed by atoms with Crippen molar-refractivity contribution in [1.82, 2.24) is 5.43 Å². The van der Waals surface area contributed by atoms with Crippen molar-refractivity contribution in [2.75, 3.05) is 0 Å². The number of furan rings is 1. The van der Waals surface area contributed by atoms with Gasteiger partial charge in [-0.05, 0) is 43.7 Å². The van der Waals surface area contributed by atoms with Crippen LogP contribution >= 0.6 is 0 Å². The van der Waals surface area contributed by atoms with Gasteiger partial charge in [-0.15, -0.1) is 0 Å². The lowest BCUT2D eigenvalue weighted by molar-refractivity contribution is 0.0921. The lowest BCUT2D eigenvalue weighted by Gasteiger charge is -2.07. The van der Waals surface area contributed by atoms with Crippen LogP contribution in [-0.2, 0) is 6.61 Å². The number of benzene rings is 1. The number of ether oxygens (including phenoxy) is 1.